The van der Waals surface area contributed by atoms with Crippen LogP contribution in [0.4, 0.5) is 4.79 Å². The van der Waals surface area contributed by atoms with E-state index in [9.17, 15) is 9.90 Å². The van der Waals surface area contributed by atoms with Crippen molar-refractivity contribution in [2.45, 2.75) is 13.2 Å². The summed E-state index contributed by atoms with van der Waals surface area (Å²) in [5.41, 5.74) is 4.44. The van der Waals surface area contributed by atoms with Gasteiger partial charge >= 0.3 is 0 Å². The number of nitrogens with zero attached hydrogens (tertiary/aromatic N) is 1. The lowest BCUT2D eigenvalue weighted by Gasteiger charge is -2.17. The predicted octanol–water partition coefficient (Wildman–Crippen LogP) is 4.68. The summed E-state index contributed by atoms with van der Waals surface area (Å²) in [5, 5.41) is 10.1. The number of carbonyl (C=O) groups excluding carboxylic acids is 1. The summed E-state index contributed by atoms with van der Waals surface area (Å²) in [6.45, 7) is 6.03. The Morgan fingerprint density at radius 3 is 2.67 bits per heavy atom. The number of carbonyl (C=O) groups is 1. The van der Waals surface area contributed by atoms with Crippen molar-refractivity contribution in [1.29, 1.82) is 0 Å². The Morgan fingerprint density at radius 2 is 1.96 bits per heavy atom. The molecule has 1 amide bonds. The first-order valence-corrected chi connectivity index (χ1v) is 8.56. The average molecular weight is 337 g/mol. The molecule has 1 fully saturated rings. The highest BCUT2D eigenvalue weighted by atomic mass is 32.2. The molecule has 1 unspecified atom stereocenters. The van der Waals surface area contributed by atoms with Gasteiger partial charge in [-0.1, -0.05) is 54.1 Å². The SMILES string of the molecule is C=CCN1C(=O)SC(=Cc2cccc(-c3ccc(C)cc3)c2)C1O. The number of benzene rings is 2. The maximum atomic E-state index is 11.9. The van der Waals surface area contributed by atoms with Crippen molar-refractivity contribution in [3.8, 4) is 11.1 Å². The number of hydrogen-bond acceptors (Lipinski definition) is 3. The molecule has 0 bridgehead atoms. The second-order valence-corrected chi connectivity index (χ2v) is 6.75. The highest BCUT2D eigenvalue weighted by molar-refractivity contribution is 8.17. The van der Waals surface area contributed by atoms with Crippen molar-refractivity contribution >= 4 is 23.1 Å². The van der Waals surface area contributed by atoms with Gasteiger partial charge in [0.15, 0.2) is 6.23 Å². The minimum absolute atomic E-state index is 0.150. The molecule has 1 atom stereocenters. The zero-order valence-corrected chi connectivity index (χ0v) is 14.3. The van der Waals surface area contributed by atoms with Crippen LogP contribution in [-0.2, 0) is 0 Å². The summed E-state index contributed by atoms with van der Waals surface area (Å²) in [7, 11) is 0. The molecule has 2 aromatic rings. The van der Waals surface area contributed by atoms with Crippen LogP contribution in [0.2, 0.25) is 0 Å². The van der Waals surface area contributed by atoms with Gasteiger partial charge in [-0.3, -0.25) is 9.69 Å². The average Bonchev–Trinajstić information content (AvgIpc) is 2.84. The Bertz CT molecular complexity index is 796. The molecule has 1 saturated heterocycles. The van der Waals surface area contributed by atoms with E-state index in [1.54, 1.807) is 6.08 Å². The van der Waals surface area contributed by atoms with Crippen LogP contribution in [0.15, 0.2) is 66.1 Å². The van der Waals surface area contributed by atoms with Gasteiger partial charge in [-0.2, -0.15) is 0 Å². The van der Waals surface area contributed by atoms with Crippen LogP contribution in [0.25, 0.3) is 17.2 Å². The lowest BCUT2D eigenvalue weighted by Crippen LogP contribution is -2.32. The van der Waals surface area contributed by atoms with E-state index in [2.05, 4.69) is 49.9 Å². The standard InChI is InChI=1S/C20H19NO2S/c1-3-11-21-19(22)18(24-20(21)23)13-15-5-4-6-17(12-15)16-9-7-14(2)8-10-16/h3-10,12-13,19,22H,1,11H2,2H3. The van der Waals surface area contributed by atoms with E-state index in [1.165, 1.54) is 10.5 Å². The topological polar surface area (TPSA) is 40.5 Å². The highest BCUT2D eigenvalue weighted by Crippen LogP contribution is 2.35. The molecule has 3 rings (SSSR count). The van der Waals surface area contributed by atoms with Crippen LogP contribution in [0.5, 0.6) is 0 Å². The molecule has 1 heterocycles. The number of rotatable bonds is 4. The molecule has 1 aliphatic rings. The summed E-state index contributed by atoms with van der Waals surface area (Å²) in [4.78, 5) is 14.0. The van der Waals surface area contributed by atoms with Gasteiger partial charge in [0, 0.05) is 11.4 Å². The van der Waals surface area contributed by atoms with E-state index >= 15 is 0 Å². The zero-order chi connectivity index (χ0) is 17.1. The van der Waals surface area contributed by atoms with Crippen molar-refractivity contribution in [3.05, 3.63) is 77.2 Å². The molecule has 0 spiro atoms. The number of amides is 1. The van der Waals surface area contributed by atoms with Crippen molar-refractivity contribution in [1.82, 2.24) is 4.90 Å². The third-order valence-electron chi connectivity index (χ3n) is 3.90. The molecule has 1 N–H and O–H groups in total. The van der Waals surface area contributed by atoms with E-state index in [-0.39, 0.29) is 5.24 Å². The van der Waals surface area contributed by atoms with Gasteiger partial charge in [0.2, 0.25) is 0 Å². The summed E-state index contributed by atoms with van der Waals surface area (Å²) in [6, 6.07) is 16.4. The fourth-order valence-corrected chi connectivity index (χ4v) is 3.52. The van der Waals surface area contributed by atoms with Gasteiger partial charge in [0.05, 0.1) is 0 Å². The lowest BCUT2D eigenvalue weighted by atomic mass is 10.0. The third-order valence-corrected chi connectivity index (χ3v) is 4.87. The fourth-order valence-electron chi connectivity index (χ4n) is 2.60. The molecule has 24 heavy (non-hydrogen) atoms. The smallest absolute Gasteiger partial charge is 0.288 e. The Balaban J connectivity index is 1.88. The van der Waals surface area contributed by atoms with E-state index in [4.69, 9.17) is 0 Å². The number of thioether (sulfide) groups is 1. The van der Waals surface area contributed by atoms with Gasteiger partial charge < -0.3 is 5.11 Å². The molecule has 122 valence electrons. The number of aliphatic hydroxyl groups excluding tert-OH is 1. The minimum atomic E-state index is -0.900. The first-order chi connectivity index (χ1) is 11.6. The second-order valence-electron chi connectivity index (χ2n) is 5.72. The van der Waals surface area contributed by atoms with Crippen molar-refractivity contribution < 1.29 is 9.90 Å². The fraction of sp³-hybridized carbons (Fsp3) is 0.150. The van der Waals surface area contributed by atoms with Gasteiger partial charge in [-0.05, 0) is 47.5 Å². The zero-order valence-electron chi connectivity index (χ0n) is 13.5. The Kier molecular flexibility index (Phi) is 4.88. The summed E-state index contributed by atoms with van der Waals surface area (Å²) >= 11 is 1.07. The molecule has 3 nitrogen and oxygen atoms in total. The van der Waals surface area contributed by atoms with Crippen LogP contribution >= 0.6 is 11.8 Å². The molecule has 0 aliphatic carbocycles. The normalized spacial score (nSPS) is 19.1. The van der Waals surface area contributed by atoms with Gasteiger partial charge in [-0.25, -0.2) is 0 Å². The van der Waals surface area contributed by atoms with Crippen LogP contribution < -0.4 is 0 Å². The summed E-state index contributed by atoms with van der Waals surface area (Å²) in [5.74, 6) is 0. The molecule has 1 aliphatic heterocycles. The Labute approximate surface area is 146 Å². The molecule has 0 aromatic heterocycles. The first kappa shape index (κ1) is 16.6. The van der Waals surface area contributed by atoms with E-state index in [0.29, 0.717) is 11.4 Å². The number of aryl methyl sites for hydroxylation is 1. The van der Waals surface area contributed by atoms with Gasteiger partial charge in [0.1, 0.15) is 0 Å². The molecular formula is C20H19NO2S. The molecule has 4 heteroatoms. The van der Waals surface area contributed by atoms with Crippen LogP contribution in [-0.4, -0.2) is 28.0 Å². The van der Waals surface area contributed by atoms with Gasteiger partial charge in [0.25, 0.3) is 5.24 Å². The molecule has 0 saturated carbocycles. The molecule has 2 aromatic carbocycles. The van der Waals surface area contributed by atoms with Gasteiger partial charge in [-0.15, -0.1) is 6.58 Å². The van der Waals surface area contributed by atoms with Crippen molar-refractivity contribution in [2.75, 3.05) is 6.54 Å². The maximum Gasteiger partial charge on any atom is 0.288 e. The Hall–Kier alpha value is -2.30. The molecular weight excluding hydrogens is 318 g/mol. The Morgan fingerprint density at radius 1 is 1.21 bits per heavy atom. The van der Waals surface area contributed by atoms with Crippen LogP contribution in [0, 0.1) is 6.92 Å². The number of hydrogen-bond donors (Lipinski definition) is 1. The second kappa shape index (κ2) is 7.07. The highest BCUT2D eigenvalue weighted by Gasteiger charge is 2.33. The monoisotopic (exact) mass is 337 g/mol. The third kappa shape index (κ3) is 3.45. The van der Waals surface area contributed by atoms with Crippen molar-refractivity contribution in [2.24, 2.45) is 0 Å². The van der Waals surface area contributed by atoms with Crippen LogP contribution in [0.1, 0.15) is 11.1 Å². The molecule has 0 radical (unpaired) electrons. The maximum absolute atomic E-state index is 11.9. The lowest BCUT2D eigenvalue weighted by molar-refractivity contribution is 0.0893. The largest absolute Gasteiger partial charge is 0.369 e. The van der Waals surface area contributed by atoms with Crippen molar-refractivity contribution in [3.63, 3.8) is 0 Å². The quantitative estimate of drug-likeness (QED) is 0.824. The van der Waals surface area contributed by atoms with E-state index in [1.807, 2.05) is 18.2 Å². The summed E-state index contributed by atoms with van der Waals surface area (Å²) in [6.07, 6.45) is 2.58. The first-order valence-electron chi connectivity index (χ1n) is 7.74. The minimum Gasteiger partial charge on any atom is -0.369 e. The van der Waals surface area contributed by atoms with E-state index in [0.717, 1.165) is 28.5 Å². The van der Waals surface area contributed by atoms with Crippen LogP contribution in [0.3, 0.4) is 0 Å². The predicted molar refractivity (Wildman–Crippen MR) is 100 cm³/mol. The van der Waals surface area contributed by atoms with E-state index < -0.39 is 6.23 Å². The number of aliphatic hydroxyl groups is 1. The summed E-state index contributed by atoms with van der Waals surface area (Å²) < 4.78 is 0.